The second kappa shape index (κ2) is 5.14. The van der Waals surface area contributed by atoms with Crippen molar-refractivity contribution in [3.05, 3.63) is 39.9 Å². The minimum atomic E-state index is -0.0721. The van der Waals surface area contributed by atoms with Crippen molar-refractivity contribution in [2.75, 3.05) is 13.2 Å². The van der Waals surface area contributed by atoms with E-state index in [1.54, 1.807) is 17.0 Å². The summed E-state index contributed by atoms with van der Waals surface area (Å²) in [6, 6.07) is 7.23. The number of hydrogen-bond acceptors (Lipinski definition) is 5. The Bertz CT molecular complexity index is 617. The SMILES string of the molecule is O=C1c2ccccc2OCCN1Cc1nnsc1Cl. The maximum atomic E-state index is 12.4. The number of benzene rings is 1. The number of para-hydroxylation sites is 1. The number of hydrogen-bond donors (Lipinski definition) is 0. The first-order chi connectivity index (χ1) is 9.25. The Morgan fingerprint density at radius 1 is 1.42 bits per heavy atom. The van der Waals surface area contributed by atoms with Crippen molar-refractivity contribution in [3.63, 3.8) is 0 Å². The number of amides is 1. The van der Waals surface area contributed by atoms with Crippen LogP contribution in [0.25, 0.3) is 0 Å². The van der Waals surface area contributed by atoms with Crippen LogP contribution in [0.15, 0.2) is 24.3 Å². The Balaban J connectivity index is 1.88. The Morgan fingerprint density at radius 3 is 3.05 bits per heavy atom. The molecule has 7 heteroatoms. The van der Waals surface area contributed by atoms with E-state index in [0.717, 1.165) is 11.5 Å². The summed E-state index contributed by atoms with van der Waals surface area (Å²) in [7, 11) is 0. The topological polar surface area (TPSA) is 55.3 Å². The minimum absolute atomic E-state index is 0.0721. The summed E-state index contributed by atoms with van der Waals surface area (Å²) in [6.45, 7) is 1.31. The molecule has 0 spiro atoms. The quantitative estimate of drug-likeness (QED) is 0.852. The molecule has 19 heavy (non-hydrogen) atoms. The van der Waals surface area contributed by atoms with E-state index < -0.39 is 0 Å². The molecule has 0 bridgehead atoms. The Labute approximate surface area is 118 Å². The van der Waals surface area contributed by atoms with Gasteiger partial charge in [0, 0.05) is 11.5 Å². The third-order valence-electron chi connectivity index (χ3n) is 2.87. The second-order valence-electron chi connectivity index (χ2n) is 4.06. The smallest absolute Gasteiger partial charge is 0.258 e. The van der Waals surface area contributed by atoms with Crippen LogP contribution in [0.4, 0.5) is 0 Å². The van der Waals surface area contributed by atoms with Crippen LogP contribution in [-0.4, -0.2) is 33.5 Å². The van der Waals surface area contributed by atoms with Gasteiger partial charge < -0.3 is 9.64 Å². The summed E-state index contributed by atoms with van der Waals surface area (Å²) in [4.78, 5) is 14.1. The number of rotatable bonds is 2. The zero-order chi connectivity index (χ0) is 13.2. The molecule has 1 aliphatic heterocycles. The fraction of sp³-hybridized carbons (Fsp3) is 0.250. The van der Waals surface area contributed by atoms with Crippen LogP contribution in [-0.2, 0) is 6.54 Å². The molecule has 0 aliphatic carbocycles. The van der Waals surface area contributed by atoms with Gasteiger partial charge in [0.2, 0.25) is 0 Å². The third-order valence-corrected chi connectivity index (χ3v) is 3.86. The molecule has 0 radical (unpaired) electrons. The van der Waals surface area contributed by atoms with E-state index >= 15 is 0 Å². The lowest BCUT2D eigenvalue weighted by Gasteiger charge is -2.18. The van der Waals surface area contributed by atoms with Crippen molar-refractivity contribution in [2.45, 2.75) is 6.54 Å². The largest absolute Gasteiger partial charge is 0.491 e. The van der Waals surface area contributed by atoms with Gasteiger partial charge in [-0.05, 0) is 12.1 Å². The van der Waals surface area contributed by atoms with Gasteiger partial charge in [-0.25, -0.2) is 0 Å². The van der Waals surface area contributed by atoms with E-state index in [1.165, 1.54) is 0 Å². The van der Waals surface area contributed by atoms with Crippen molar-refractivity contribution < 1.29 is 9.53 Å². The normalized spacial score (nSPS) is 14.8. The first-order valence-electron chi connectivity index (χ1n) is 5.73. The van der Waals surface area contributed by atoms with Gasteiger partial charge in [0.25, 0.3) is 5.91 Å². The number of nitrogens with zero attached hydrogens (tertiary/aromatic N) is 3. The fourth-order valence-electron chi connectivity index (χ4n) is 1.93. The highest BCUT2D eigenvalue weighted by molar-refractivity contribution is 7.10. The van der Waals surface area contributed by atoms with Crippen molar-refractivity contribution >= 4 is 29.0 Å². The zero-order valence-corrected chi connectivity index (χ0v) is 11.4. The Kier molecular flexibility index (Phi) is 3.35. The van der Waals surface area contributed by atoms with Crippen LogP contribution in [0.5, 0.6) is 5.75 Å². The standard InChI is InChI=1S/C12H10ClN3O2S/c13-11-9(14-15-19-11)7-16-5-6-18-10-4-2-1-3-8(10)12(16)17/h1-4H,5-7H2. The maximum Gasteiger partial charge on any atom is 0.258 e. The van der Waals surface area contributed by atoms with Gasteiger partial charge in [0.05, 0.1) is 18.7 Å². The van der Waals surface area contributed by atoms with Crippen LogP contribution < -0.4 is 4.74 Å². The van der Waals surface area contributed by atoms with Gasteiger partial charge >= 0.3 is 0 Å². The van der Waals surface area contributed by atoms with E-state index in [0.29, 0.717) is 41.0 Å². The minimum Gasteiger partial charge on any atom is -0.491 e. The third kappa shape index (κ3) is 2.41. The molecule has 98 valence electrons. The first-order valence-corrected chi connectivity index (χ1v) is 6.88. The molecule has 2 aromatic rings. The van der Waals surface area contributed by atoms with E-state index in [1.807, 2.05) is 12.1 Å². The Hall–Kier alpha value is -1.66. The number of carbonyl (C=O) groups excluding carboxylic acids is 1. The molecule has 5 nitrogen and oxygen atoms in total. The van der Waals surface area contributed by atoms with E-state index in [2.05, 4.69) is 9.59 Å². The van der Waals surface area contributed by atoms with Gasteiger partial charge in [-0.15, -0.1) is 5.10 Å². The monoisotopic (exact) mass is 295 g/mol. The first kappa shape index (κ1) is 12.4. The average molecular weight is 296 g/mol. The molecule has 0 saturated carbocycles. The molecular formula is C12H10ClN3O2S. The number of carbonyl (C=O) groups is 1. The number of halogens is 1. The van der Waals surface area contributed by atoms with Crippen LogP contribution in [0.2, 0.25) is 4.34 Å². The van der Waals surface area contributed by atoms with Crippen molar-refractivity contribution in [2.24, 2.45) is 0 Å². The number of ether oxygens (including phenoxy) is 1. The van der Waals surface area contributed by atoms with Crippen LogP contribution in [0.3, 0.4) is 0 Å². The summed E-state index contributed by atoms with van der Waals surface area (Å²) in [5, 5.41) is 3.93. The summed E-state index contributed by atoms with van der Waals surface area (Å²) >= 11 is 7.09. The van der Waals surface area contributed by atoms with Crippen LogP contribution >= 0.6 is 23.1 Å². The zero-order valence-electron chi connectivity index (χ0n) is 9.88. The molecule has 1 aromatic carbocycles. The van der Waals surface area contributed by atoms with Gasteiger partial charge in [0.1, 0.15) is 22.4 Å². The van der Waals surface area contributed by atoms with Gasteiger partial charge in [0.15, 0.2) is 0 Å². The molecule has 1 amide bonds. The second-order valence-corrected chi connectivity index (χ2v) is 5.42. The lowest BCUT2D eigenvalue weighted by Crippen LogP contribution is -2.32. The molecule has 0 N–H and O–H groups in total. The summed E-state index contributed by atoms with van der Waals surface area (Å²) in [6.07, 6.45) is 0. The molecule has 3 rings (SSSR count). The number of aromatic nitrogens is 2. The van der Waals surface area contributed by atoms with Gasteiger partial charge in [-0.1, -0.05) is 28.2 Å². The van der Waals surface area contributed by atoms with Crippen molar-refractivity contribution in [1.29, 1.82) is 0 Å². The molecule has 1 aliphatic rings. The molecule has 1 aromatic heterocycles. The molecule has 2 heterocycles. The van der Waals surface area contributed by atoms with E-state index in [-0.39, 0.29) is 5.91 Å². The highest BCUT2D eigenvalue weighted by atomic mass is 35.5. The predicted molar refractivity (Wildman–Crippen MR) is 71.6 cm³/mol. The molecule has 0 saturated heterocycles. The van der Waals surface area contributed by atoms with Crippen molar-refractivity contribution in [3.8, 4) is 5.75 Å². The van der Waals surface area contributed by atoms with Crippen LogP contribution in [0, 0.1) is 0 Å². The summed E-state index contributed by atoms with van der Waals surface area (Å²) in [5.74, 6) is 0.551. The molecular weight excluding hydrogens is 286 g/mol. The highest BCUT2D eigenvalue weighted by Crippen LogP contribution is 2.25. The number of fused-ring (bicyclic) bond motifs is 1. The van der Waals surface area contributed by atoms with Crippen molar-refractivity contribution in [1.82, 2.24) is 14.5 Å². The van der Waals surface area contributed by atoms with Crippen LogP contribution in [0.1, 0.15) is 16.1 Å². The molecule has 0 fully saturated rings. The van der Waals surface area contributed by atoms with E-state index in [9.17, 15) is 4.79 Å². The lowest BCUT2D eigenvalue weighted by molar-refractivity contribution is 0.0741. The Morgan fingerprint density at radius 2 is 2.26 bits per heavy atom. The average Bonchev–Trinajstić information content (AvgIpc) is 2.75. The lowest BCUT2D eigenvalue weighted by atomic mass is 10.2. The fourth-order valence-corrected chi connectivity index (χ4v) is 2.54. The summed E-state index contributed by atoms with van der Waals surface area (Å²) in [5.41, 5.74) is 1.19. The molecule has 0 atom stereocenters. The highest BCUT2D eigenvalue weighted by Gasteiger charge is 2.24. The summed E-state index contributed by atoms with van der Waals surface area (Å²) < 4.78 is 9.86. The molecule has 0 unspecified atom stereocenters. The predicted octanol–water partition coefficient (Wildman–Crippen LogP) is 2.23. The maximum absolute atomic E-state index is 12.4. The van der Waals surface area contributed by atoms with Gasteiger partial charge in [-0.3, -0.25) is 4.79 Å². The van der Waals surface area contributed by atoms with Gasteiger partial charge in [-0.2, -0.15) is 0 Å². The van der Waals surface area contributed by atoms with E-state index in [4.69, 9.17) is 16.3 Å².